The molecule has 1 rings (SSSR count). The summed E-state index contributed by atoms with van der Waals surface area (Å²) in [5.41, 5.74) is 11.4. The number of urea groups is 1. The van der Waals surface area contributed by atoms with Crippen LogP contribution in [0.4, 0.5) is 4.79 Å². The summed E-state index contributed by atoms with van der Waals surface area (Å²) in [6.45, 7) is 0. The molecule has 0 aromatic heterocycles. The zero-order chi connectivity index (χ0) is 11.3. The van der Waals surface area contributed by atoms with Crippen LogP contribution in [0.5, 0.6) is 0 Å². The second-order valence-electron chi connectivity index (χ2n) is 3.13. The highest BCUT2D eigenvalue weighted by Crippen LogP contribution is 2.12. The molecule has 0 heterocycles. The maximum atomic E-state index is 11.1. The maximum absolute atomic E-state index is 11.1. The number of imide groups is 1. The molecule has 5 heteroatoms. The topological polar surface area (TPSA) is 98.2 Å². The van der Waals surface area contributed by atoms with Crippen LogP contribution in [0, 0.1) is 0 Å². The Bertz CT molecular complexity index is 351. The van der Waals surface area contributed by atoms with Gasteiger partial charge in [0, 0.05) is 12.5 Å². The molecule has 1 atom stereocenters. The Kier molecular flexibility index (Phi) is 3.82. The van der Waals surface area contributed by atoms with Gasteiger partial charge in [0.2, 0.25) is 5.91 Å². The summed E-state index contributed by atoms with van der Waals surface area (Å²) in [6.07, 6.45) is 0.0347. The van der Waals surface area contributed by atoms with Crippen LogP contribution in [0.3, 0.4) is 0 Å². The highest BCUT2D eigenvalue weighted by atomic mass is 16.2. The van der Waals surface area contributed by atoms with Gasteiger partial charge in [0.15, 0.2) is 0 Å². The molecule has 5 nitrogen and oxygen atoms in total. The first-order valence-electron chi connectivity index (χ1n) is 4.49. The van der Waals surface area contributed by atoms with Gasteiger partial charge >= 0.3 is 6.03 Å². The van der Waals surface area contributed by atoms with Crippen molar-refractivity contribution in [3.8, 4) is 0 Å². The fourth-order valence-corrected chi connectivity index (χ4v) is 1.21. The van der Waals surface area contributed by atoms with Gasteiger partial charge in [-0.2, -0.15) is 0 Å². The van der Waals surface area contributed by atoms with Gasteiger partial charge < -0.3 is 11.5 Å². The third-order valence-electron chi connectivity index (χ3n) is 1.90. The molecular weight excluding hydrogens is 194 g/mol. The van der Waals surface area contributed by atoms with Gasteiger partial charge in [-0.3, -0.25) is 10.1 Å². The molecule has 0 aliphatic heterocycles. The fraction of sp³-hybridized carbons (Fsp3) is 0.200. The van der Waals surface area contributed by atoms with Crippen LogP contribution in [0.1, 0.15) is 18.0 Å². The lowest BCUT2D eigenvalue weighted by Gasteiger charge is -2.10. The molecule has 80 valence electrons. The molecule has 15 heavy (non-hydrogen) atoms. The summed E-state index contributed by atoms with van der Waals surface area (Å²) in [5.74, 6) is -0.473. The number of carbonyl (C=O) groups is 2. The molecule has 0 radical (unpaired) electrons. The van der Waals surface area contributed by atoms with Crippen molar-refractivity contribution in [3.05, 3.63) is 35.9 Å². The van der Waals surface area contributed by atoms with Gasteiger partial charge in [-0.05, 0) is 5.56 Å². The van der Waals surface area contributed by atoms with Crippen molar-refractivity contribution in [3.63, 3.8) is 0 Å². The number of primary amides is 1. The van der Waals surface area contributed by atoms with Crippen molar-refractivity contribution >= 4 is 11.9 Å². The molecule has 5 N–H and O–H groups in total. The third-order valence-corrected chi connectivity index (χ3v) is 1.90. The van der Waals surface area contributed by atoms with E-state index in [1.54, 1.807) is 0 Å². The lowest BCUT2D eigenvalue weighted by Crippen LogP contribution is -2.36. The monoisotopic (exact) mass is 207 g/mol. The van der Waals surface area contributed by atoms with E-state index in [1.165, 1.54) is 0 Å². The Morgan fingerprint density at radius 3 is 2.40 bits per heavy atom. The predicted molar refractivity (Wildman–Crippen MR) is 55.7 cm³/mol. The summed E-state index contributed by atoms with van der Waals surface area (Å²) in [7, 11) is 0. The first kappa shape index (κ1) is 11.2. The minimum atomic E-state index is -0.861. The van der Waals surface area contributed by atoms with E-state index in [4.69, 9.17) is 11.5 Å². The van der Waals surface area contributed by atoms with Crippen molar-refractivity contribution in [2.24, 2.45) is 11.5 Å². The minimum Gasteiger partial charge on any atom is -0.351 e. The normalized spacial score (nSPS) is 11.8. The quantitative estimate of drug-likeness (QED) is 0.663. The van der Waals surface area contributed by atoms with E-state index < -0.39 is 18.0 Å². The lowest BCUT2D eigenvalue weighted by molar-refractivity contribution is -0.120. The van der Waals surface area contributed by atoms with Crippen LogP contribution >= 0.6 is 0 Å². The van der Waals surface area contributed by atoms with Crippen molar-refractivity contribution in [1.29, 1.82) is 0 Å². The summed E-state index contributed by atoms with van der Waals surface area (Å²) < 4.78 is 0. The van der Waals surface area contributed by atoms with Crippen molar-refractivity contribution in [2.75, 3.05) is 0 Å². The number of nitrogens with two attached hydrogens (primary N) is 2. The molecule has 0 bridgehead atoms. The number of hydrogen-bond acceptors (Lipinski definition) is 3. The van der Waals surface area contributed by atoms with Crippen molar-refractivity contribution in [1.82, 2.24) is 5.32 Å². The maximum Gasteiger partial charge on any atom is 0.318 e. The highest BCUT2D eigenvalue weighted by molar-refractivity contribution is 5.93. The zero-order valence-corrected chi connectivity index (χ0v) is 8.14. The van der Waals surface area contributed by atoms with Gasteiger partial charge in [-0.25, -0.2) is 4.79 Å². The Morgan fingerprint density at radius 2 is 1.87 bits per heavy atom. The van der Waals surface area contributed by atoms with E-state index in [-0.39, 0.29) is 6.42 Å². The smallest absolute Gasteiger partial charge is 0.318 e. The van der Waals surface area contributed by atoms with E-state index in [0.717, 1.165) is 5.56 Å². The SMILES string of the molecule is NC(=O)NC(=O)CC(N)c1ccccc1. The average Bonchev–Trinajstić information content (AvgIpc) is 2.17. The third kappa shape index (κ3) is 3.78. The average molecular weight is 207 g/mol. The van der Waals surface area contributed by atoms with Gasteiger partial charge in [-0.15, -0.1) is 0 Å². The molecule has 1 aromatic carbocycles. The summed E-state index contributed by atoms with van der Waals surface area (Å²) in [5, 5.41) is 1.96. The van der Waals surface area contributed by atoms with Crippen LogP contribution in [-0.4, -0.2) is 11.9 Å². The lowest BCUT2D eigenvalue weighted by atomic mass is 10.0. The van der Waals surface area contributed by atoms with Crippen LogP contribution in [-0.2, 0) is 4.79 Å². The molecule has 1 aromatic rings. The molecule has 0 saturated carbocycles. The van der Waals surface area contributed by atoms with E-state index in [9.17, 15) is 9.59 Å². The molecule has 0 fully saturated rings. The number of rotatable bonds is 3. The summed E-state index contributed by atoms with van der Waals surface area (Å²) in [4.78, 5) is 21.5. The van der Waals surface area contributed by atoms with E-state index >= 15 is 0 Å². The largest absolute Gasteiger partial charge is 0.351 e. The Morgan fingerprint density at radius 1 is 1.27 bits per heavy atom. The van der Waals surface area contributed by atoms with Crippen LogP contribution in [0.2, 0.25) is 0 Å². The Balaban J connectivity index is 2.53. The minimum absolute atomic E-state index is 0.0347. The van der Waals surface area contributed by atoms with E-state index in [2.05, 4.69) is 0 Å². The molecule has 3 amide bonds. The molecular formula is C10H13N3O2. The van der Waals surface area contributed by atoms with Crippen LogP contribution < -0.4 is 16.8 Å². The summed E-state index contributed by atoms with van der Waals surface area (Å²) in [6, 6.07) is 7.89. The van der Waals surface area contributed by atoms with E-state index in [1.807, 2.05) is 35.6 Å². The van der Waals surface area contributed by atoms with Gasteiger partial charge in [0.1, 0.15) is 0 Å². The second-order valence-corrected chi connectivity index (χ2v) is 3.13. The Labute approximate surface area is 87.4 Å². The molecule has 0 aliphatic carbocycles. The van der Waals surface area contributed by atoms with Gasteiger partial charge in [0.05, 0.1) is 0 Å². The number of carbonyl (C=O) groups excluding carboxylic acids is 2. The molecule has 0 spiro atoms. The highest BCUT2D eigenvalue weighted by Gasteiger charge is 2.12. The number of nitrogens with one attached hydrogen (secondary N) is 1. The fourth-order valence-electron chi connectivity index (χ4n) is 1.21. The van der Waals surface area contributed by atoms with Gasteiger partial charge in [0.25, 0.3) is 0 Å². The second kappa shape index (κ2) is 5.11. The van der Waals surface area contributed by atoms with Crippen molar-refractivity contribution in [2.45, 2.75) is 12.5 Å². The Hall–Kier alpha value is -1.88. The molecule has 1 unspecified atom stereocenters. The standard InChI is InChI=1S/C10H13N3O2/c11-8(6-9(14)13-10(12)15)7-4-2-1-3-5-7/h1-5,8H,6,11H2,(H3,12,13,14,15). The number of amides is 3. The van der Waals surface area contributed by atoms with E-state index in [0.29, 0.717) is 0 Å². The van der Waals surface area contributed by atoms with Crippen molar-refractivity contribution < 1.29 is 9.59 Å². The first-order valence-corrected chi connectivity index (χ1v) is 4.49. The predicted octanol–water partition coefficient (Wildman–Crippen LogP) is 0.271. The number of benzene rings is 1. The first-order chi connectivity index (χ1) is 7.09. The molecule has 0 saturated heterocycles. The molecule has 0 aliphatic rings. The van der Waals surface area contributed by atoms with Gasteiger partial charge in [-0.1, -0.05) is 30.3 Å². The number of hydrogen-bond donors (Lipinski definition) is 3. The zero-order valence-electron chi connectivity index (χ0n) is 8.14. The van der Waals surface area contributed by atoms with Crippen LogP contribution in [0.15, 0.2) is 30.3 Å². The van der Waals surface area contributed by atoms with Crippen LogP contribution in [0.25, 0.3) is 0 Å². The summed E-state index contributed by atoms with van der Waals surface area (Å²) >= 11 is 0.